The van der Waals surface area contributed by atoms with E-state index in [9.17, 15) is 14.3 Å². The molecule has 21 heavy (non-hydrogen) atoms. The normalized spacial score (nSPS) is 22.3. The zero-order chi connectivity index (χ0) is 14.9. The zero-order valence-electron chi connectivity index (χ0n) is 12.0. The predicted octanol–water partition coefficient (Wildman–Crippen LogP) is 2.27. The fraction of sp³-hybridized carbons (Fsp3) is 0.562. The third kappa shape index (κ3) is 3.18. The summed E-state index contributed by atoms with van der Waals surface area (Å²) in [6.45, 7) is 0.614. The van der Waals surface area contributed by atoms with Gasteiger partial charge in [0.1, 0.15) is 5.82 Å². The Bertz CT molecular complexity index is 543. The molecule has 0 aromatic heterocycles. The molecule has 1 unspecified atom stereocenters. The lowest BCUT2D eigenvalue weighted by Crippen LogP contribution is -2.42. The first-order valence-electron chi connectivity index (χ1n) is 7.55. The quantitative estimate of drug-likeness (QED) is 0.797. The van der Waals surface area contributed by atoms with Gasteiger partial charge in [-0.2, -0.15) is 0 Å². The van der Waals surface area contributed by atoms with Crippen LogP contribution in [0.2, 0.25) is 0 Å². The van der Waals surface area contributed by atoms with Gasteiger partial charge in [-0.25, -0.2) is 9.18 Å². The number of hydrogen-bond acceptors (Lipinski definition) is 2. The topological polar surface area (TPSA) is 61.4 Å². The van der Waals surface area contributed by atoms with Gasteiger partial charge in [0.2, 0.25) is 0 Å². The van der Waals surface area contributed by atoms with Gasteiger partial charge in [-0.1, -0.05) is 6.07 Å². The zero-order valence-corrected chi connectivity index (χ0v) is 12.0. The monoisotopic (exact) mass is 292 g/mol. The van der Waals surface area contributed by atoms with Crippen molar-refractivity contribution in [1.29, 1.82) is 0 Å². The minimum absolute atomic E-state index is 0.103. The molecule has 1 atom stereocenters. The summed E-state index contributed by atoms with van der Waals surface area (Å²) in [4.78, 5) is 12.0. The molecule has 2 aliphatic carbocycles. The van der Waals surface area contributed by atoms with Crippen molar-refractivity contribution in [1.82, 2.24) is 10.6 Å². The highest BCUT2D eigenvalue weighted by Crippen LogP contribution is 2.44. The van der Waals surface area contributed by atoms with E-state index in [4.69, 9.17) is 0 Å². The average molecular weight is 292 g/mol. The van der Waals surface area contributed by atoms with E-state index in [1.807, 2.05) is 0 Å². The maximum atomic E-state index is 13.4. The number of nitrogens with one attached hydrogen (secondary N) is 2. The first kappa shape index (κ1) is 14.3. The molecule has 1 saturated carbocycles. The Hall–Kier alpha value is -1.62. The summed E-state index contributed by atoms with van der Waals surface area (Å²) < 4.78 is 13.4. The summed E-state index contributed by atoms with van der Waals surface area (Å²) >= 11 is 0. The Kier molecular flexibility index (Phi) is 3.85. The van der Waals surface area contributed by atoms with Crippen LogP contribution in [0.5, 0.6) is 0 Å². The van der Waals surface area contributed by atoms with Crippen LogP contribution in [-0.4, -0.2) is 24.3 Å². The van der Waals surface area contributed by atoms with Crippen LogP contribution in [0.1, 0.15) is 42.9 Å². The van der Waals surface area contributed by atoms with E-state index in [2.05, 4.69) is 10.6 Å². The maximum Gasteiger partial charge on any atom is 0.315 e. The van der Waals surface area contributed by atoms with Gasteiger partial charge in [-0.05, 0) is 55.4 Å². The van der Waals surface area contributed by atoms with E-state index in [0.29, 0.717) is 6.54 Å². The molecule has 3 N–H and O–H groups in total. The molecule has 3 rings (SSSR count). The Morgan fingerprint density at radius 2 is 2.24 bits per heavy atom. The second-order valence-electron chi connectivity index (χ2n) is 6.27. The molecule has 0 radical (unpaired) electrons. The Labute approximate surface area is 123 Å². The number of hydrogen-bond donors (Lipinski definition) is 3. The van der Waals surface area contributed by atoms with Crippen molar-refractivity contribution in [3.05, 3.63) is 35.1 Å². The van der Waals surface area contributed by atoms with Gasteiger partial charge in [0.05, 0.1) is 12.6 Å². The SMILES string of the molecule is O=C(NCC1(CO)CC1)NC1CCCc2ccc(F)cc21. The highest BCUT2D eigenvalue weighted by Gasteiger charge is 2.42. The van der Waals surface area contributed by atoms with Crippen molar-refractivity contribution < 1.29 is 14.3 Å². The number of carbonyl (C=O) groups is 1. The average Bonchev–Trinajstić information content (AvgIpc) is 3.26. The molecule has 0 aliphatic heterocycles. The number of aliphatic hydroxyl groups is 1. The molecule has 0 saturated heterocycles. The molecule has 1 fully saturated rings. The molecule has 1 aromatic carbocycles. The van der Waals surface area contributed by atoms with Gasteiger partial charge >= 0.3 is 6.03 Å². The molecule has 1 aromatic rings. The number of aryl methyl sites for hydroxylation is 1. The van der Waals surface area contributed by atoms with E-state index in [1.165, 1.54) is 12.1 Å². The van der Waals surface area contributed by atoms with E-state index in [-0.39, 0.29) is 29.9 Å². The molecule has 4 nitrogen and oxygen atoms in total. The van der Waals surface area contributed by atoms with Crippen LogP contribution in [0.4, 0.5) is 9.18 Å². The van der Waals surface area contributed by atoms with Crippen LogP contribution in [0.15, 0.2) is 18.2 Å². The van der Waals surface area contributed by atoms with E-state index < -0.39 is 0 Å². The van der Waals surface area contributed by atoms with Crippen molar-refractivity contribution in [2.24, 2.45) is 5.41 Å². The number of halogens is 1. The summed E-state index contributed by atoms with van der Waals surface area (Å²) in [5, 5.41) is 15.0. The van der Waals surface area contributed by atoms with Gasteiger partial charge in [0.25, 0.3) is 0 Å². The number of benzene rings is 1. The van der Waals surface area contributed by atoms with Crippen molar-refractivity contribution >= 4 is 6.03 Å². The summed E-state index contributed by atoms with van der Waals surface area (Å²) in [5.74, 6) is -0.264. The van der Waals surface area contributed by atoms with Crippen molar-refractivity contribution in [3.63, 3.8) is 0 Å². The molecule has 0 bridgehead atoms. The summed E-state index contributed by atoms with van der Waals surface area (Å²) in [5.41, 5.74) is 1.90. The third-order valence-corrected chi connectivity index (χ3v) is 4.64. The van der Waals surface area contributed by atoms with Gasteiger partial charge in [-0.15, -0.1) is 0 Å². The molecule has 0 heterocycles. The predicted molar refractivity (Wildman–Crippen MR) is 77.4 cm³/mol. The second-order valence-corrected chi connectivity index (χ2v) is 6.27. The highest BCUT2D eigenvalue weighted by molar-refractivity contribution is 5.74. The van der Waals surface area contributed by atoms with Crippen molar-refractivity contribution in [2.45, 2.75) is 38.1 Å². The fourth-order valence-corrected chi connectivity index (χ4v) is 2.96. The van der Waals surface area contributed by atoms with Crippen LogP contribution in [0.25, 0.3) is 0 Å². The standard InChI is InChI=1S/C16H21FN2O2/c17-12-5-4-11-2-1-3-14(13(11)8-12)19-15(21)18-9-16(10-20)6-7-16/h4-5,8,14,20H,1-3,6-7,9-10H2,(H2,18,19,21). The van der Waals surface area contributed by atoms with Crippen molar-refractivity contribution in [2.75, 3.05) is 13.2 Å². The first-order valence-corrected chi connectivity index (χ1v) is 7.55. The maximum absolute atomic E-state index is 13.4. The third-order valence-electron chi connectivity index (χ3n) is 4.64. The second kappa shape index (κ2) is 5.64. The Balaban J connectivity index is 1.61. The lowest BCUT2D eigenvalue weighted by atomic mass is 9.87. The lowest BCUT2D eigenvalue weighted by molar-refractivity contribution is 0.201. The van der Waals surface area contributed by atoms with Crippen LogP contribution in [0.3, 0.4) is 0 Å². The Morgan fingerprint density at radius 3 is 2.95 bits per heavy atom. The number of amides is 2. The number of rotatable bonds is 4. The molecule has 5 heteroatoms. The van der Waals surface area contributed by atoms with E-state index in [0.717, 1.165) is 43.2 Å². The van der Waals surface area contributed by atoms with Gasteiger partial charge < -0.3 is 15.7 Å². The molecule has 2 amide bonds. The van der Waals surface area contributed by atoms with Crippen molar-refractivity contribution in [3.8, 4) is 0 Å². The van der Waals surface area contributed by atoms with Crippen LogP contribution in [-0.2, 0) is 6.42 Å². The molecular weight excluding hydrogens is 271 g/mol. The number of aliphatic hydroxyl groups excluding tert-OH is 1. The summed E-state index contributed by atoms with van der Waals surface area (Å²) in [6.07, 6.45) is 4.67. The smallest absolute Gasteiger partial charge is 0.315 e. The molecule has 2 aliphatic rings. The van der Waals surface area contributed by atoms with Gasteiger partial charge in [0, 0.05) is 12.0 Å². The van der Waals surface area contributed by atoms with Crippen LogP contribution in [0, 0.1) is 11.2 Å². The fourth-order valence-electron chi connectivity index (χ4n) is 2.96. The van der Waals surface area contributed by atoms with Gasteiger partial charge in [-0.3, -0.25) is 0 Å². The van der Waals surface area contributed by atoms with E-state index >= 15 is 0 Å². The number of fused-ring (bicyclic) bond motifs is 1. The van der Waals surface area contributed by atoms with E-state index in [1.54, 1.807) is 6.07 Å². The number of urea groups is 1. The summed E-state index contributed by atoms with van der Waals surface area (Å²) in [7, 11) is 0. The first-order chi connectivity index (χ1) is 10.1. The van der Waals surface area contributed by atoms with Gasteiger partial charge in [0.15, 0.2) is 0 Å². The summed E-state index contributed by atoms with van der Waals surface area (Å²) in [6, 6.07) is 4.43. The highest BCUT2D eigenvalue weighted by atomic mass is 19.1. The molecule has 0 spiro atoms. The lowest BCUT2D eigenvalue weighted by Gasteiger charge is -2.27. The Morgan fingerprint density at radius 1 is 1.43 bits per heavy atom. The number of carbonyl (C=O) groups excluding carboxylic acids is 1. The van der Waals surface area contributed by atoms with Crippen LogP contribution >= 0.6 is 0 Å². The van der Waals surface area contributed by atoms with Crippen LogP contribution < -0.4 is 10.6 Å². The minimum atomic E-state index is -0.264. The largest absolute Gasteiger partial charge is 0.396 e. The molecular formula is C16H21FN2O2. The minimum Gasteiger partial charge on any atom is -0.396 e. The molecule has 114 valence electrons.